The summed E-state index contributed by atoms with van der Waals surface area (Å²) in [6.45, 7) is 0. The highest BCUT2D eigenvalue weighted by Gasteiger charge is 2.02. The highest BCUT2D eigenvalue weighted by atomic mass is 19.1. The second-order valence-electron chi connectivity index (χ2n) is 3.83. The fraction of sp³-hybridized carbons (Fsp3) is 0. The first-order chi connectivity index (χ1) is 9.16. The Kier molecular flexibility index (Phi) is 4.03. The van der Waals surface area contributed by atoms with Gasteiger partial charge in [0.25, 0.3) is 0 Å². The number of benzene rings is 2. The summed E-state index contributed by atoms with van der Waals surface area (Å²) in [6, 6.07) is 11.9. The summed E-state index contributed by atoms with van der Waals surface area (Å²) in [5.41, 5.74) is 0.652. The van der Waals surface area contributed by atoms with Gasteiger partial charge >= 0.3 is 0 Å². The van der Waals surface area contributed by atoms with Gasteiger partial charge in [0.1, 0.15) is 11.6 Å². The van der Waals surface area contributed by atoms with Gasteiger partial charge in [-0.1, -0.05) is 30.3 Å². The van der Waals surface area contributed by atoms with E-state index in [4.69, 9.17) is 0 Å². The Labute approximate surface area is 109 Å². The van der Waals surface area contributed by atoms with Crippen LogP contribution in [-0.4, -0.2) is 5.78 Å². The van der Waals surface area contributed by atoms with Crippen molar-refractivity contribution in [2.24, 2.45) is 0 Å². The fourth-order valence-electron chi connectivity index (χ4n) is 1.51. The molecule has 0 saturated carbocycles. The van der Waals surface area contributed by atoms with Crippen molar-refractivity contribution in [3.8, 4) is 0 Å². The molecule has 0 fully saturated rings. The molecule has 2 aromatic rings. The normalized spacial score (nSPS) is 10.6. The molecule has 19 heavy (non-hydrogen) atoms. The van der Waals surface area contributed by atoms with Crippen LogP contribution in [0.3, 0.4) is 0 Å². The van der Waals surface area contributed by atoms with Gasteiger partial charge in [0.2, 0.25) is 0 Å². The van der Waals surface area contributed by atoms with Crippen molar-refractivity contribution in [3.05, 3.63) is 78.0 Å². The molecule has 96 valence electrons. The van der Waals surface area contributed by atoms with Crippen molar-refractivity contribution in [3.63, 3.8) is 0 Å². The molecule has 2 nitrogen and oxygen atoms in total. The summed E-state index contributed by atoms with van der Waals surface area (Å²) >= 11 is 0. The molecule has 4 heteroatoms. The van der Waals surface area contributed by atoms with E-state index in [0.29, 0.717) is 5.56 Å². The first kappa shape index (κ1) is 13.0. The molecule has 0 amide bonds. The third-order valence-corrected chi connectivity index (χ3v) is 2.46. The first-order valence-corrected chi connectivity index (χ1v) is 5.64. The number of carbonyl (C=O) groups excluding carboxylic acids is 1. The standard InChI is InChI=1S/C15H11F2NO/c16-12-6-7-14(13(17)10-12)18-9-8-15(19)11-4-2-1-3-5-11/h1-10,18H/b9-8+. The van der Waals surface area contributed by atoms with Gasteiger partial charge in [0.05, 0.1) is 5.69 Å². The summed E-state index contributed by atoms with van der Waals surface area (Å²) in [5.74, 6) is -1.56. The summed E-state index contributed by atoms with van der Waals surface area (Å²) in [5, 5.41) is 2.60. The second kappa shape index (κ2) is 5.91. The Morgan fingerprint density at radius 1 is 1.05 bits per heavy atom. The number of hydrogen-bond donors (Lipinski definition) is 1. The maximum Gasteiger partial charge on any atom is 0.187 e. The first-order valence-electron chi connectivity index (χ1n) is 5.64. The zero-order valence-electron chi connectivity index (χ0n) is 9.94. The molecule has 0 bridgehead atoms. The smallest absolute Gasteiger partial charge is 0.187 e. The molecule has 0 spiro atoms. The molecule has 0 aliphatic carbocycles. The van der Waals surface area contributed by atoms with Crippen LogP contribution in [0.15, 0.2) is 60.8 Å². The van der Waals surface area contributed by atoms with Crippen molar-refractivity contribution in [2.75, 3.05) is 5.32 Å². The molecule has 0 aliphatic rings. The minimum atomic E-state index is -0.711. The van der Waals surface area contributed by atoms with E-state index >= 15 is 0 Å². The van der Waals surface area contributed by atoms with Crippen LogP contribution in [0.4, 0.5) is 14.5 Å². The number of carbonyl (C=O) groups is 1. The number of rotatable bonds is 4. The van der Waals surface area contributed by atoms with Gasteiger partial charge in [-0.05, 0) is 12.1 Å². The average Bonchev–Trinajstić information content (AvgIpc) is 2.42. The predicted octanol–water partition coefficient (Wildman–Crippen LogP) is 3.77. The SMILES string of the molecule is O=C(/C=C/Nc1ccc(F)cc1F)c1ccccc1. The van der Waals surface area contributed by atoms with Gasteiger partial charge in [0, 0.05) is 23.9 Å². The van der Waals surface area contributed by atoms with Gasteiger partial charge in [-0.2, -0.15) is 0 Å². The number of nitrogens with one attached hydrogen (secondary N) is 1. The summed E-state index contributed by atoms with van der Waals surface area (Å²) in [7, 11) is 0. The largest absolute Gasteiger partial charge is 0.359 e. The lowest BCUT2D eigenvalue weighted by molar-refractivity contribution is 0.104. The Morgan fingerprint density at radius 3 is 2.47 bits per heavy atom. The summed E-state index contributed by atoms with van der Waals surface area (Å²) in [4.78, 5) is 11.7. The molecule has 0 unspecified atom stereocenters. The van der Waals surface area contributed by atoms with E-state index in [0.717, 1.165) is 12.1 Å². The number of halogens is 2. The van der Waals surface area contributed by atoms with Crippen LogP contribution in [0.5, 0.6) is 0 Å². The zero-order valence-corrected chi connectivity index (χ0v) is 9.94. The highest BCUT2D eigenvalue weighted by molar-refractivity contribution is 6.04. The van der Waals surface area contributed by atoms with Crippen LogP contribution in [0.1, 0.15) is 10.4 Å². The fourth-order valence-corrected chi connectivity index (χ4v) is 1.51. The van der Waals surface area contributed by atoms with E-state index in [9.17, 15) is 13.6 Å². The number of hydrogen-bond acceptors (Lipinski definition) is 2. The highest BCUT2D eigenvalue weighted by Crippen LogP contribution is 2.14. The number of anilines is 1. The van der Waals surface area contributed by atoms with Crippen LogP contribution in [0.2, 0.25) is 0 Å². The Morgan fingerprint density at radius 2 is 1.79 bits per heavy atom. The average molecular weight is 259 g/mol. The Balaban J connectivity index is 2.02. The van der Waals surface area contributed by atoms with Crippen molar-refractivity contribution in [1.29, 1.82) is 0 Å². The maximum absolute atomic E-state index is 13.3. The lowest BCUT2D eigenvalue weighted by Gasteiger charge is -2.02. The van der Waals surface area contributed by atoms with Crippen LogP contribution < -0.4 is 5.32 Å². The van der Waals surface area contributed by atoms with Gasteiger partial charge in [-0.3, -0.25) is 4.79 Å². The quantitative estimate of drug-likeness (QED) is 0.669. The third-order valence-electron chi connectivity index (χ3n) is 2.46. The zero-order chi connectivity index (χ0) is 13.7. The van der Waals surface area contributed by atoms with E-state index in [-0.39, 0.29) is 11.5 Å². The molecule has 0 radical (unpaired) electrons. The van der Waals surface area contributed by atoms with E-state index in [1.165, 1.54) is 18.3 Å². The molecule has 0 aliphatic heterocycles. The Hall–Kier alpha value is -2.49. The molecule has 1 N–H and O–H groups in total. The molecule has 0 atom stereocenters. The van der Waals surface area contributed by atoms with E-state index in [1.807, 2.05) is 6.07 Å². The predicted molar refractivity (Wildman–Crippen MR) is 69.9 cm³/mol. The number of allylic oxidation sites excluding steroid dienone is 1. The minimum Gasteiger partial charge on any atom is -0.359 e. The molecule has 0 aromatic heterocycles. The van der Waals surface area contributed by atoms with Crippen LogP contribution in [0, 0.1) is 11.6 Å². The monoisotopic (exact) mass is 259 g/mol. The topological polar surface area (TPSA) is 29.1 Å². The van der Waals surface area contributed by atoms with Crippen molar-refractivity contribution in [2.45, 2.75) is 0 Å². The molecular weight excluding hydrogens is 248 g/mol. The van der Waals surface area contributed by atoms with E-state index in [2.05, 4.69) is 5.32 Å². The minimum absolute atomic E-state index is 0.110. The van der Waals surface area contributed by atoms with Gasteiger partial charge in [0.15, 0.2) is 5.78 Å². The third kappa shape index (κ3) is 3.48. The van der Waals surface area contributed by atoms with Gasteiger partial charge in [-0.15, -0.1) is 0 Å². The van der Waals surface area contributed by atoms with Crippen molar-refractivity contribution >= 4 is 11.5 Å². The lowest BCUT2D eigenvalue weighted by atomic mass is 10.1. The van der Waals surface area contributed by atoms with E-state index < -0.39 is 11.6 Å². The molecule has 0 saturated heterocycles. The van der Waals surface area contributed by atoms with Crippen LogP contribution in [0.25, 0.3) is 0 Å². The summed E-state index contributed by atoms with van der Waals surface area (Å²) in [6.07, 6.45) is 2.61. The lowest BCUT2D eigenvalue weighted by Crippen LogP contribution is -1.97. The molecular formula is C15H11F2NO. The van der Waals surface area contributed by atoms with Crippen LogP contribution in [-0.2, 0) is 0 Å². The van der Waals surface area contributed by atoms with Gasteiger partial charge < -0.3 is 5.32 Å². The second-order valence-corrected chi connectivity index (χ2v) is 3.83. The van der Waals surface area contributed by atoms with Crippen molar-refractivity contribution in [1.82, 2.24) is 0 Å². The van der Waals surface area contributed by atoms with Crippen LogP contribution >= 0.6 is 0 Å². The maximum atomic E-state index is 13.3. The number of ketones is 1. The molecule has 0 heterocycles. The Bertz CT molecular complexity index is 609. The molecule has 2 rings (SSSR count). The van der Waals surface area contributed by atoms with E-state index in [1.54, 1.807) is 24.3 Å². The molecule has 2 aromatic carbocycles. The van der Waals surface area contributed by atoms with Crippen molar-refractivity contribution < 1.29 is 13.6 Å². The summed E-state index contributed by atoms with van der Waals surface area (Å²) < 4.78 is 26.0. The van der Waals surface area contributed by atoms with Gasteiger partial charge in [-0.25, -0.2) is 8.78 Å².